The van der Waals surface area contributed by atoms with Crippen molar-refractivity contribution in [2.75, 3.05) is 26.9 Å². The minimum Gasteiger partial charge on any atom is -0.504 e. The number of hydrogen-bond donors (Lipinski definition) is 5. The number of nitrogens with two attached hydrogens (primary N) is 2. The van der Waals surface area contributed by atoms with Crippen LogP contribution in [0.1, 0.15) is 114 Å². The molecule has 0 aliphatic heterocycles. The minimum absolute atomic E-state index is 0.0105. The zero-order valence-electron chi connectivity index (χ0n) is 29.7. The Morgan fingerprint density at radius 2 is 1.96 bits per heavy atom. The second kappa shape index (κ2) is 16.6. The van der Waals surface area contributed by atoms with E-state index in [0.717, 1.165) is 68.1 Å². The Bertz CT molecular complexity index is 1500. The van der Waals surface area contributed by atoms with Crippen molar-refractivity contribution in [1.29, 1.82) is 0 Å². The van der Waals surface area contributed by atoms with E-state index in [2.05, 4.69) is 29.8 Å². The lowest BCUT2D eigenvalue weighted by atomic mass is 9.53. The van der Waals surface area contributed by atoms with E-state index in [0.29, 0.717) is 49.5 Å². The van der Waals surface area contributed by atoms with Crippen molar-refractivity contribution < 1.29 is 29.6 Å². The molecule has 9 heteroatoms. The highest BCUT2D eigenvalue weighted by molar-refractivity contribution is 5.90. The predicted molar refractivity (Wildman–Crippen MR) is 192 cm³/mol. The molecule has 0 radical (unpaired) electrons. The Morgan fingerprint density at radius 3 is 2.63 bits per heavy atom. The minimum atomic E-state index is -0.720. The fourth-order valence-corrected chi connectivity index (χ4v) is 9.07. The lowest BCUT2D eigenvalue weighted by molar-refractivity contribution is -0.114. The monoisotopic (exact) mass is 675 g/mol. The third-order valence-corrected chi connectivity index (χ3v) is 11.4. The average molecular weight is 676 g/mol. The predicted octanol–water partition coefficient (Wildman–Crippen LogP) is 5.42. The van der Waals surface area contributed by atoms with Crippen molar-refractivity contribution in [2.45, 2.75) is 115 Å². The molecule has 49 heavy (non-hydrogen) atoms. The molecule has 268 valence electrons. The van der Waals surface area contributed by atoms with E-state index in [9.17, 15) is 20.1 Å². The molecule has 0 aromatic heterocycles. The molecule has 1 aromatic rings. The number of guanidine groups is 1. The molecule has 2 saturated carbocycles. The number of ether oxygens (including phenoxy) is 2. The van der Waals surface area contributed by atoms with Gasteiger partial charge in [-0.25, -0.2) is 4.99 Å². The van der Waals surface area contributed by atoms with Crippen molar-refractivity contribution in [3.63, 3.8) is 0 Å². The quantitative estimate of drug-likeness (QED) is 0.0609. The van der Waals surface area contributed by atoms with E-state index in [1.165, 1.54) is 5.57 Å². The second-order valence-corrected chi connectivity index (χ2v) is 15.0. The Balaban J connectivity index is 1.75. The van der Waals surface area contributed by atoms with Crippen LogP contribution in [0.4, 0.5) is 0 Å². The Hall–Kier alpha value is -3.32. The maximum atomic E-state index is 13.2. The molecular formula is C40H57N3O6. The molecule has 0 saturated heterocycles. The lowest BCUT2D eigenvalue weighted by Gasteiger charge is -2.52. The first kappa shape index (κ1) is 36.9. The topological polar surface area (TPSA) is 161 Å². The van der Waals surface area contributed by atoms with Gasteiger partial charge in [0, 0.05) is 48.3 Å². The van der Waals surface area contributed by atoms with Crippen molar-refractivity contribution in [2.24, 2.45) is 39.6 Å². The van der Waals surface area contributed by atoms with Crippen LogP contribution in [0.2, 0.25) is 0 Å². The number of allylic oxidation sites excluding steroid dienone is 2. The molecule has 1 aromatic carbocycles. The van der Waals surface area contributed by atoms with Crippen LogP contribution in [0.3, 0.4) is 0 Å². The number of aliphatic hydroxyl groups is 2. The standard InChI is InChI=1S/C40H57N3O6/c1-4-8-26(22-44)18-30(46)16-15-27-19-35(49-31-10-5-6-11-31)38(47)37-32(27)12-7-9-29(43-39(41)42)21-40(24-45)20-28-14-13-25(2)17-33(28)36(37)34(40)23-48-3/h18-20,25,29,31,33-34,36,44-45,47H,4-6,8-11,13-17,21-24H2,1-3H3,(H4,41,42,43)/b26-18-/t25-,29+,33-,34+,36+,40-/m0/s1. The van der Waals surface area contributed by atoms with Crippen molar-refractivity contribution in [3.8, 4) is 23.3 Å². The summed E-state index contributed by atoms with van der Waals surface area (Å²) in [6.45, 7) is 4.40. The molecule has 5 rings (SSSR count). The Kier molecular flexibility index (Phi) is 12.5. The number of phenolic OH excluding ortho intramolecular Hbond substituents is 1. The van der Waals surface area contributed by atoms with Gasteiger partial charge in [-0.3, -0.25) is 4.79 Å². The van der Waals surface area contributed by atoms with Crippen molar-refractivity contribution in [1.82, 2.24) is 0 Å². The van der Waals surface area contributed by atoms with Gasteiger partial charge in [0.2, 0.25) is 0 Å². The summed E-state index contributed by atoms with van der Waals surface area (Å²) in [6, 6.07) is 1.54. The fourth-order valence-electron chi connectivity index (χ4n) is 9.07. The smallest absolute Gasteiger partial charge is 0.186 e. The van der Waals surface area contributed by atoms with Gasteiger partial charge in [0.1, 0.15) is 0 Å². The van der Waals surface area contributed by atoms with Gasteiger partial charge in [0.25, 0.3) is 0 Å². The van der Waals surface area contributed by atoms with E-state index >= 15 is 0 Å². The maximum absolute atomic E-state index is 13.2. The molecule has 7 N–H and O–H groups in total. The van der Waals surface area contributed by atoms with Gasteiger partial charge in [0.05, 0.1) is 32.0 Å². The number of phenols is 1. The highest BCUT2D eigenvalue weighted by Crippen LogP contribution is 2.60. The number of nitrogens with zero attached hydrogens (tertiary/aromatic N) is 1. The summed E-state index contributed by atoms with van der Waals surface area (Å²) in [6.07, 6.45) is 13.8. The van der Waals surface area contributed by atoms with Crippen LogP contribution in [-0.4, -0.2) is 66.1 Å². The largest absolute Gasteiger partial charge is 0.504 e. The number of methoxy groups -OCH3 is 1. The molecule has 0 amide bonds. The molecular weight excluding hydrogens is 618 g/mol. The second-order valence-electron chi connectivity index (χ2n) is 15.0. The molecule has 0 unspecified atom stereocenters. The number of rotatable bonds is 13. The van der Waals surface area contributed by atoms with Gasteiger partial charge >= 0.3 is 0 Å². The molecule has 0 spiro atoms. The summed E-state index contributed by atoms with van der Waals surface area (Å²) in [7, 11) is 1.69. The number of carbonyl (C=O) groups excluding carboxylic acids is 1. The van der Waals surface area contributed by atoms with Crippen LogP contribution in [-0.2, 0) is 16.0 Å². The average Bonchev–Trinajstić information content (AvgIpc) is 3.58. The maximum Gasteiger partial charge on any atom is 0.186 e. The van der Waals surface area contributed by atoms with Crippen molar-refractivity contribution in [3.05, 3.63) is 46.1 Å². The third-order valence-electron chi connectivity index (χ3n) is 11.4. The number of benzene rings is 1. The summed E-state index contributed by atoms with van der Waals surface area (Å²) in [5.74, 6) is 7.42. The fraction of sp³-hybridized carbons (Fsp3) is 0.650. The van der Waals surface area contributed by atoms with E-state index in [4.69, 9.17) is 20.9 Å². The van der Waals surface area contributed by atoms with Gasteiger partial charge < -0.3 is 36.3 Å². The van der Waals surface area contributed by atoms with Gasteiger partial charge in [-0.05, 0) is 99.3 Å². The number of aryl methyl sites for hydroxylation is 1. The Labute approximate surface area is 292 Å². The normalized spacial score (nSPS) is 28.4. The number of aromatic hydroxyl groups is 1. The molecule has 4 aliphatic carbocycles. The summed E-state index contributed by atoms with van der Waals surface area (Å²) in [4.78, 5) is 17.8. The highest BCUT2D eigenvalue weighted by Gasteiger charge is 2.52. The zero-order chi connectivity index (χ0) is 35.1. The molecule has 9 nitrogen and oxygen atoms in total. The molecule has 6 atom stereocenters. The summed E-state index contributed by atoms with van der Waals surface area (Å²) < 4.78 is 12.6. The number of aliphatic imine (C=N–C) groups is 1. The van der Waals surface area contributed by atoms with Crippen LogP contribution in [0.5, 0.6) is 11.5 Å². The SMILES string of the molecule is CCC/C(=C/C(=O)CCc1cc(OC2CCCC2)c(O)c2c1C#CC[C@@H](N=C(N)N)C[C@]1(CO)C=C3CC[C@H](C)C[C@@H]3[C@@H]2[C@H]1COC)CO. The molecule has 2 fully saturated rings. The molecule has 2 bridgehead atoms. The third kappa shape index (κ3) is 8.36. The van der Waals surface area contributed by atoms with Crippen LogP contribution in [0, 0.1) is 35.0 Å². The highest BCUT2D eigenvalue weighted by atomic mass is 16.5. The molecule has 0 heterocycles. The van der Waals surface area contributed by atoms with Crippen LogP contribution >= 0.6 is 0 Å². The van der Waals surface area contributed by atoms with Gasteiger partial charge in [-0.2, -0.15) is 0 Å². The van der Waals surface area contributed by atoms with E-state index in [1.54, 1.807) is 13.2 Å². The number of hydrogen-bond acceptors (Lipinski definition) is 7. The summed E-state index contributed by atoms with van der Waals surface area (Å²) >= 11 is 0. The zero-order valence-corrected chi connectivity index (χ0v) is 29.7. The summed E-state index contributed by atoms with van der Waals surface area (Å²) in [5, 5.41) is 33.6. The van der Waals surface area contributed by atoms with Crippen LogP contribution in [0.25, 0.3) is 0 Å². The van der Waals surface area contributed by atoms with Crippen LogP contribution in [0.15, 0.2) is 34.4 Å². The number of carbonyl (C=O) groups is 1. The first-order chi connectivity index (χ1) is 23.6. The van der Waals surface area contributed by atoms with E-state index in [-0.39, 0.29) is 67.0 Å². The molecule has 4 aliphatic rings. The van der Waals surface area contributed by atoms with Crippen molar-refractivity contribution >= 4 is 11.7 Å². The number of aliphatic hydroxyl groups excluding tert-OH is 2. The van der Waals surface area contributed by atoms with Gasteiger partial charge in [0.15, 0.2) is 23.2 Å². The summed E-state index contributed by atoms with van der Waals surface area (Å²) in [5.41, 5.74) is 15.5. The first-order valence-electron chi connectivity index (χ1n) is 18.4. The first-order valence-corrected chi connectivity index (χ1v) is 18.4. The lowest BCUT2D eigenvalue weighted by Crippen LogP contribution is -2.48. The number of ketones is 1. The van der Waals surface area contributed by atoms with E-state index < -0.39 is 5.41 Å². The Morgan fingerprint density at radius 1 is 1.18 bits per heavy atom. The van der Waals surface area contributed by atoms with Gasteiger partial charge in [-0.15, -0.1) is 0 Å². The number of fused-ring (bicyclic) bond motifs is 6. The van der Waals surface area contributed by atoms with E-state index in [1.807, 2.05) is 13.0 Å². The van der Waals surface area contributed by atoms with Gasteiger partial charge in [-0.1, -0.05) is 43.8 Å². The van der Waals surface area contributed by atoms with Crippen LogP contribution < -0.4 is 16.2 Å².